The van der Waals surface area contributed by atoms with Crippen LogP contribution in [0, 0.1) is 0 Å². The first kappa shape index (κ1) is 22.4. The van der Waals surface area contributed by atoms with Gasteiger partial charge in [-0.25, -0.2) is 0 Å². The molecule has 0 aliphatic carbocycles. The molecule has 0 spiro atoms. The number of aromatic hydroxyl groups is 1. The molecule has 0 fully saturated rings. The highest BCUT2D eigenvalue weighted by Crippen LogP contribution is 2.19. The number of carbonyl (C=O) groups is 2. The summed E-state index contributed by atoms with van der Waals surface area (Å²) in [4.78, 5) is 24.3. The van der Waals surface area contributed by atoms with Crippen LogP contribution in [0.2, 0.25) is 0 Å². The van der Waals surface area contributed by atoms with Gasteiger partial charge in [-0.3, -0.25) is 14.9 Å². The minimum absolute atomic E-state index is 0.151. The molecule has 0 radical (unpaired) electrons. The summed E-state index contributed by atoms with van der Waals surface area (Å²) in [7, 11) is 0. The molecule has 29 heavy (non-hydrogen) atoms. The number of ether oxygens (including phenoxy) is 1. The number of nitrogens with one attached hydrogen (secondary N) is 1. The normalized spacial score (nSPS) is 12.9. The molecule has 0 bridgehead atoms. The average Bonchev–Trinajstić information content (AvgIpc) is 2.71. The number of hydrogen-bond acceptors (Lipinski definition) is 5. The quantitative estimate of drug-likeness (QED) is 0.503. The van der Waals surface area contributed by atoms with Gasteiger partial charge in [0.2, 0.25) is 0 Å². The van der Waals surface area contributed by atoms with Gasteiger partial charge in [-0.15, -0.1) is 0 Å². The Kier molecular flexibility index (Phi) is 8.68. The lowest BCUT2D eigenvalue weighted by Gasteiger charge is -2.23. The number of aryl methyl sites for hydroxylation is 2. The fourth-order valence-corrected chi connectivity index (χ4v) is 3.29. The summed E-state index contributed by atoms with van der Waals surface area (Å²) in [6, 6.07) is 13.0. The highest BCUT2D eigenvalue weighted by molar-refractivity contribution is 5.79. The smallest absolute Gasteiger partial charge is 0.323 e. The van der Waals surface area contributed by atoms with Crippen molar-refractivity contribution in [1.29, 1.82) is 0 Å². The largest absolute Gasteiger partial charge is 0.508 e. The second-order valence-electron chi connectivity index (χ2n) is 6.90. The maximum atomic E-state index is 12.4. The third-order valence-corrected chi connectivity index (χ3v) is 4.83. The zero-order valence-electron chi connectivity index (χ0n) is 16.9. The van der Waals surface area contributed by atoms with E-state index in [0.717, 1.165) is 16.7 Å². The van der Waals surface area contributed by atoms with Crippen LogP contribution in [0.1, 0.15) is 37.0 Å². The van der Waals surface area contributed by atoms with Crippen molar-refractivity contribution < 1.29 is 24.5 Å². The lowest BCUT2D eigenvalue weighted by atomic mass is 9.97. The van der Waals surface area contributed by atoms with Crippen LogP contribution in [0.4, 0.5) is 0 Å². The summed E-state index contributed by atoms with van der Waals surface area (Å²) in [5.41, 5.74) is 2.79. The molecule has 2 atom stereocenters. The Morgan fingerprint density at radius 1 is 1.03 bits per heavy atom. The number of carbonyl (C=O) groups excluding carboxylic acids is 1. The van der Waals surface area contributed by atoms with Crippen LogP contribution in [0.25, 0.3) is 0 Å². The van der Waals surface area contributed by atoms with E-state index in [4.69, 9.17) is 4.74 Å². The number of esters is 1. The monoisotopic (exact) mass is 399 g/mol. The molecule has 0 heterocycles. The minimum Gasteiger partial charge on any atom is -0.508 e. The standard InChI is InChI=1S/C23H29NO5/c1-3-17-14-19(25)12-11-18(17)15-21(22(26)27)24-20(23(28)29-4-2)13-10-16-8-6-5-7-9-16/h5-9,11-12,14,20-21,24-25H,3-4,10,13,15H2,1-2H3,(H,26,27)/t20?,21-/m0/s1. The van der Waals surface area contributed by atoms with Gasteiger partial charge >= 0.3 is 11.9 Å². The lowest BCUT2D eigenvalue weighted by Crippen LogP contribution is -2.49. The predicted molar refractivity (Wildman–Crippen MR) is 111 cm³/mol. The molecule has 6 nitrogen and oxygen atoms in total. The van der Waals surface area contributed by atoms with Crippen LogP contribution in [0.5, 0.6) is 5.75 Å². The first-order valence-electron chi connectivity index (χ1n) is 9.94. The zero-order valence-corrected chi connectivity index (χ0v) is 16.9. The molecule has 2 rings (SSSR count). The molecule has 6 heteroatoms. The number of phenolic OH excluding ortho intramolecular Hbond substituents is 1. The molecular formula is C23H29NO5. The highest BCUT2D eigenvalue weighted by atomic mass is 16.5. The summed E-state index contributed by atoms with van der Waals surface area (Å²) >= 11 is 0. The van der Waals surface area contributed by atoms with E-state index in [-0.39, 0.29) is 18.8 Å². The SMILES string of the molecule is CCOC(=O)C(CCc1ccccc1)N[C@@H](Cc1ccc(O)cc1CC)C(=O)O. The number of phenols is 1. The summed E-state index contributed by atoms with van der Waals surface area (Å²) in [6.45, 7) is 3.91. The van der Waals surface area contributed by atoms with E-state index in [2.05, 4.69) is 5.32 Å². The summed E-state index contributed by atoms with van der Waals surface area (Å²) in [6.07, 6.45) is 1.94. The molecule has 2 aromatic rings. The van der Waals surface area contributed by atoms with Crippen LogP contribution in [-0.4, -0.2) is 40.8 Å². The van der Waals surface area contributed by atoms with Crippen molar-refractivity contribution in [3.8, 4) is 5.75 Å². The predicted octanol–water partition coefficient (Wildman–Crippen LogP) is 3.10. The Bertz CT molecular complexity index is 806. The number of benzene rings is 2. The number of carboxylic acids is 1. The van der Waals surface area contributed by atoms with Crippen molar-refractivity contribution in [3.05, 3.63) is 65.2 Å². The van der Waals surface area contributed by atoms with Gasteiger partial charge in [-0.2, -0.15) is 0 Å². The molecule has 0 saturated heterocycles. The van der Waals surface area contributed by atoms with Crippen molar-refractivity contribution in [3.63, 3.8) is 0 Å². The van der Waals surface area contributed by atoms with Crippen LogP contribution >= 0.6 is 0 Å². The maximum absolute atomic E-state index is 12.4. The zero-order chi connectivity index (χ0) is 21.2. The van der Waals surface area contributed by atoms with Gasteiger partial charge in [0.25, 0.3) is 0 Å². The third kappa shape index (κ3) is 6.91. The number of rotatable bonds is 11. The topological polar surface area (TPSA) is 95.9 Å². The number of carboxylic acid groups (broad SMARTS) is 1. The van der Waals surface area contributed by atoms with Gasteiger partial charge < -0.3 is 14.9 Å². The van der Waals surface area contributed by atoms with E-state index in [0.29, 0.717) is 19.3 Å². The Morgan fingerprint density at radius 2 is 1.76 bits per heavy atom. The van der Waals surface area contributed by atoms with E-state index in [9.17, 15) is 19.8 Å². The molecule has 0 aliphatic rings. The first-order chi connectivity index (χ1) is 13.9. The van der Waals surface area contributed by atoms with Crippen LogP contribution in [-0.2, 0) is 33.6 Å². The van der Waals surface area contributed by atoms with Crippen LogP contribution < -0.4 is 5.32 Å². The lowest BCUT2D eigenvalue weighted by molar-refractivity contribution is -0.147. The van der Waals surface area contributed by atoms with E-state index >= 15 is 0 Å². The van der Waals surface area contributed by atoms with Crippen LogP contribution in [0.15, 0.2) is 48.5 Å². The van der Waals surface area contributed by atoms with Crippen molar-refractivity contribution in [2.75, 3.05) is 6.61 Å². The molecule has 1 unspecified atom stereocenters. The molecule has 156 valence electrons. The Hall–Kier alpha value is -2.86. The Morgan fingerprint density at radius 3 is 2.38 bits per heavy atom. The van der Waals surface area contributed by atoms with Gasteiger partial charge in [0, 0.05) is 0 Å². The van der Waals surface area contributed by atoms with E-state index in [1.54, 1.807) is 25.1 Å². The first-order valence-corrected chi connectivity index (χ1v) is 9.94. The van der Waals surface area contributed by atoms with Crippen molar-refractivity contribution in [1.82, 2.24) is 5.32 Å². The molecule has 0 saturated carbocycles. The summed E-state index contributed by atoms with van der Waals surface area (Å²) in [5, 5.41) is 22.4. The number of aliphatic carboxylic acids is 1. The van der Waals surface area contributed by atoms with Crippen molar-refractivity contribution in [2.45, 2.75) is 51.6 Å². The highest BCUT2D eigenvalue weighted by Gasteiger charge is 2.27. The fraction of sp³-hybridized carbons (Fsp3) is 0.391. The second kappa shape index (κ2) is 11.2. The Balaban J connectivity index is 2.15. The Labute approximate surface area is 171 Å². The fourth-order valence-electron chi connectivity index (χ4n) is 3.29. The van der Waals surface area contributed by atoms with Gasteiger partial charge in [-0.05, 0) is 61.4 Å². The second-order valence-corrected chi connectivity index (χ2v) is 6.90. The molecule has 0 aromatic heterocycles. The van der Waals surface area contributed by atoms with Gasteiger partial charge in [0.15, 0.2) is 0 Å². The molecule has 0 amide bonds. The molecule has 3 N–H and O–H groups in total. The molecule has 0 aliphatic heterocycles. The van der Waals surface area contributed by atoms with Gasteiger partial charge in [0.1, 0.15) is 17.8 Å². The van der Waals surface area contributed by atoms with Crippen molar-refractivity contribution >= 4 is 11.9 Å². The van der Waals surface area contributed by atoms with E-state index in [1.165, 1.54) is 0 Å². The van der Waals surface area contributed by atoms with Gasteiger partial charge in [-0.1, -0.05) is 43.3 Å². The average molecular weight is 399 g/mol. The third-order valence-electron chi connectivity index (χ3n) is 4.83. The van der Waals surface area contributed by atoms with Crippen molar-refractivity contribution in [2.24, 2.45) is 0 Å². The van der Waals surface area contributed by atoms with E-state index in [1.807, 2.05) is 37.3 Å². The summed E-state index contributed by atoms with van der Waals surface area (Å²) < 4.78 is 5.16. The molecule has 2 aromatic carbocycles. The number of hydrogen-bond donors (Lipinski definition) is 3. The summed E-state index contributed by atoms with van der Waals surface area (Å²) in [5.74, 6) is -1.33. The van der Waals surface area contributed by atoms with E-state index < -0.39 is 24.0 Å². The minimum atomic E-state index is -1.03. The molecular weight excluding hydrogens is 370 g/mol. The van der Waals surface area contributed by atoms with Gasteiger partial charge in [0.05, 0.1) is 6.61 Å². The maximum Gasteiger partial charge on any atom is 0.323 e. The van der Waals surface area contributed by atoms with Crippen LogP contribution in [0.3, 0.4) is 0 Å².